The van der Waals surface area contributed by atoms with E-state index in [4.69, 9.17) is 9.84 Å². The quantitative estimate of drug-likeness (QED) is 0.125. The Hall–Kier alpha value is -4.21. The van der Waals surface area contributed by atoms with Crippen LogP contribution in [0.4, 0.5) is 10.5 Å². The minimum absolute atomic E-state index is 0.128. The number of aliphatic carboxylic acids is 1. The summed E-state index contributed by atoms with van der Waals surface area (Å²) in [7, 11) is 0. The Balaban J connectivity index is 1.40. The second-order valence-electron chi connectivity index (χ2n) is 8.75. The summed E-state index contributed by atoms with van der Waals surface area (Å²) < 4.78 is 5.41. The fraction of sp³-hybridized carbons (Fsp3) is 0.276. The zero-order valence-electron chi connectivity index (χ0n) is 21.4. The van der Waals surface area contributed by atoms with Gasteiger partial charge in [0.15, 0.2) is 0 Å². The van der Waals surface area contributed by atoms with Crippen molar-refractivity contribution in [3.63, 3.8) is 0 Å². The zero-order valence-corrected chi connectivity index (χ0v) is 21.4. The van der Waals surface area contributed by atoms with E-state index in [1.54, 1.807) is 0 Å². The highest BCUT2D eigenvalue weighted by molar-refractivity contribution is 6.00. The van der Waals surface area contributed by atoms with E-state index < -0.39 is 18.0 Å². The minimum atomic E-state index is -1.24. The number of fused-ring (bicyclic) bond motifs is 1. The Kier molecular flexibility index (Phi) is 10.8. The molecule has 200 valence electrons. The molecule has 0 aromatic heterocycles. The number of hydroxylamine groups is 2. The number of anilines is 1. The maximum Gasteiger partial charge on any atom is 0.411 e. The largest absolute Gasteiger partial charge is 0.478 e. The standard InChI is InChI=1S/C29H33N3O6/c1-2-31(18-5-6-19-32(37)27(33)16-17-28(34)35)20-22-12-14-23(15-13-22)21-38-29(36)30-26-11-7-9-24-8-3-4-10-25(24)26/h3-4,7-17,37H,2,5-6,18-21H2,1H3,(H,30,36)(H,34,35)/b17-16+. The molecule has 0 fully saturated rings. The highest BCUT2D eigenvalue weighted by Crippen LogP contribution is 2.23. The van der Waals surface area contributed by atoms with Gasteiger partial charge in [-0.3, -0.25) is 20.2 Å². The summed E-state index contributed by atoms with van der Waals surface area (Å²) in [6.07, 6.45) is 2.36. The van der Waals surface area contributed by atoms with Gasteiger partial charge in [-0.15, -0.1) is 0 Å². The summed E-state index contributed by atoms with van der Waals surface area (Å²) in [5.41, 5.74) is 2.71. The smallest absolute Gasteiger partial charge is 0.411 e. The summed E-state index contributed by atoms with van der Waals surface area (Å²) in [5.74, 6) is -2.00. The lowest BCUT2D eigenvalue weighted by atomic mass is 10.1. The third kappa shape index (κ3) is 9.02. The van der Waals surface area contributed by atoms with Crippen LogP contribution in [0, 0.1) is 0 Å². The highest BCUT2D eigenvalue weighted by atomic mass is 16.5. The Morgan fingerprint density at radius 1 is 0.895 bits per heavy atom. The molecule has 3 N–H and O–H groups in total. The molecular formula is C29H33N3O6. The first-order valence-corrected chi connectivity index (χ1v) is 12.5. The number of nitrogens with zero attached hydrogens (tertiary/aromatic N) is 2. The number of nitrogens with one attached hydrogen (secondary N) is 1. The van der Waals surface area contributed by atoms with E-state index in [0.29, 0.717) is 23.2 Å². The Morgan fingerprint density at radius 2 is 1.58 bits per heavy atom. The van der Waals surface area contributed by atoms with E-state index in [-0.39, 0.29) is 13.2 Å². The van der Waals surface area contributed by atoms with Crippen molar-refractivity contribution in [3.05, 3.63) is 90.0 Å². The van der Waals surface area contributed by atoms with Crippen molar-refractivity contribution in [2.24, 2.45) is 0 Å². The van der Waals surface area contributed by atoms with E-state index in [9.17, 15) is 19.6 Å². The number of benzene rings is 3. The molecule has 0 atom stereocenters. The summed E-state index contributed by atoms with van der Waals surface area (Å²) in [4.78, 5) is 36.6. The molecule has 3 rings (SSSR count). The number of hydrogen-bond acceptors (Lipinski definition) is 6. The molecule has 0 spiro atoms. The second-order valence-corrected chi connectivity index (χ2v) is 8.75. The predicted octanol–water partition coefficient (Wildman–Crippen LogP) is 5.05. The maximum absolute atomic E-state index is 12.3. The van der Waals surface area contributed by atoms with Crippen molar-refractivity contribution in [1.82, 2.24) is 9.96 Å². The van der Waals surface area contributed by atoms with Crippen LogP contribution >= 0.6 is 0 Å². The number of unbranched alkanes of at least 4 members (excludes halogenated alkanes) is 1. The molecule has 0 heterocycles. The number of ether oxygens (including phenoxy) is 1. The monoisotopic (exact) mass is 519 g/mol. The maximum atomic E-state index is 12.3. The van der Waals surface area contributed by atoms with Gasteiger partial charge in [0.05, 0.1) is 5.69 Å². The first-order chi connectivity index (χ1) is 18.4. The topological polar surface area (TPSA) is 119 Å². The Morgan fingerprint density at radius 3 is 2.32 bits per heavy atom. The van der Waals surface area contributed by atoms with Gasteiger partial charge in [-0.1, -0.05) is 67.6 Å². The molecule has 0 aliphatic rings. The number of carboxylic acids is 1. The molecule has 0 bridgehead atoms. The van der Waals surface area contributed by atoms with Crippen LogP contribution in [0.3, 0.4) is 0 Å². The summed E-state index contributed by atoms with van der Waals surface area (Å²) in [5, 5.41) is 23.6. The zero-order chi connectivity index (χ0) is 27.3. The molecule has 38 heavy (non-hydrogen) atoms. The van der Waals surface area contributed by atoms with Gasteiger partial charge in [-0.05, 0) is 48.5 Å². The van der Waals surface area contributed by atoms with Crippen molar-refractivity contribution in [2.45, 2.75) is 32.9 Å². The van der Waals surface area contributed by atoms with Crippen LogP contribution in [0.2, 0.25) is 0 Å². The van der Waals surface area contributed by atoms with Gasteiger partial charge in [0.1, 0.15) is 6.61 Å². The summed E-state index contributed by atoms with van der Waals surface area (Å²) >= 11 is 0. The average molecular weight is 520 g/mol. The first kappa shape index (κ1) is 28.4. The van der Waals surface area contributed by atoms with Crippen LogP contribution in [0.1, 0.15) is 30.9 Å². The van der Waals surface area contributed by atoms with Gasteiger partial charge in [0, 0.05) is 30.6 Å². The average Bonchev–Trinajstić information content (AvgIpc) is 2.93. The van der Waals surface area contributed by atoms with Gasteiger partial charge in [0.25, 0.3) is 5.91 Å². The van der Waals surface area contributed by atoms with Crippen LogP contribution in [-0.2, 0) is 27.5 Å². The molecule has 9 nitrogen and oxygen atoms in total. The van der Waals surface area contributed by atoms with Gasteiger partial charge in [-0.2, -0.15) is 0 Å². The van der Waals surface area contributed by atoms with Crippen molar-refractivity contribution in [1.29, 1.82) is 0 Å². The number of hydrogen-bond donors (Lipinski definition) is 3. The number of amides is 2. The molecule has 0 saturated heterocycles. The van der Waals surface area contributed by atoms with E-state index in [2.05, 4.69) is 17.1 Å². The third-order valence-corrected chi connectivity index (χ3v) is 5.99. The Labute approximate surface area is 221 Å². The number of rotatable bonds is 13. The van der Waals surface area contributed by atoms with E-state index in [1.807, 2.05) is 66.7 Å². The minimum Gasteiger partial charge on any atom is -0.478 e. The molecule has 9 heteroatoms. The van der Waals surface area contributed by atoms with Gasteiger partial charge < -0.3 is 9.84 Å². The fourth-order valence-corrected chi connectivity index (χ4v) is 3.91. The van der Waals surface area contributed by atoms with Crippen molar-refractivity contribution >= 4 is 34.4 Å². The SMILES string of the molecule is CCN(CCCCN(O)C(=O)/C=C/C(=O)O)Cc1ccc(COC(=O)Nc2cccc3ccccc23)cc1. The lowest BCUT2D eigenvalue weighted by Crippen LogP contribution is -2.28. The Bertz CT molecular complexity index is 1250. The highest BCUT2D eigenvalue weighted by Gasteiger charge is 2.10. The third-order valence-electron chi connectivity index (χ3n) is 5.99. The van der Waals surface area contributed by atoms with Crippen molar-refractivity contribution in [2.75, 3.05) is 25.0 Å². The lowest BCUT2D eigenvalue weighted by molar-refractivity contribution is -0.159. The van der Waals surface area contributed by atoms with Gasteiger partial charge in [0.2, 0.25) is 0 Å². The normalized spacial score (nSPS) is 11.1. The predicted molar refractivity (Wildman–Crippen MR) is 145 cm³/mol. The fourth-order valence-electron chi connectivity index (χ4n) is 3.91. The molecular weight excluding hydrogens is 486 g/mol. The van der Waals surface area contributed by atoms with E-state index in [1.165, 1.54) is 0 Å². The molecule has 0 radical (unpaired) electrons. The van der Waals surface area contributed by atoms with E-state index >= 15 is 0 Å². The van der Waals surface area contributed by atoms with Crippen molar-refractivity contribution in [3.8, 4) is 0 Å². The molecule has 2 amide bonds. The van der Waals surface area contributed by atoms with Gasteiger partial charge >= 0.3 is 12.1 Å². The summed E-state index contributed by atoms with van der Waals surface area (Å²) in [6.45, 7) is 4.71. The lowest BCUT2D eigenvalue weighted by Gasteiger charge is -2.21. The van der Waals surface area contributed by atoms with E-state index in [0.717, 1.165) is 54.0 Å². The van der Waals surface area contributed by atoms with Crippen LogP contribution in [0.5, 0.6) is 0 Å². The van der Waals surface area contributed by atoms with Crippen LogP contribution in [-0.4, -0.2) is 57.9 Å². The molecule has 3 aromatic carbocycles. The van der Waals surface area contributed by atoms with Crippen molar-refractivity contribution < 1.29 is 29.4 Å². The number of carbonyl (C=O) groups is 3. The number of carbonyl (C=O) groups excluding carboxylic acids is 2. The molecule has 0 aliphatic carbocycles. The molecule has 3 aromatic rings. The molecule has 0 aliphatic heterocycles. The second kappa shape index (κ2) is 14.5. The van der Waals surface area contributed by atoms with Gasteiger partial charge in [-0.25, -0.2) is 14.7 Å². The van der Waals surface area contributed by atoms with Crippen LogP contribution in [0.15, 0.2) is 78.9 Å². The first-order valence-electron chi connectivity index (χ1n) is 12.5. The molecule has 0 saturated carbocycles. The van der Waals surface area contributed by atoms with Crippen LogP contribution < -0.4 is 5.32 Å². The van der Waals surface area contributed by atoms with Crippen LogP contribution in [0.25, 0.3) is 10.8 Å². The summed E-state index contributed by atoms with van der Waals surface area (Å²) in [6, 6.07) is 21.4. The molecule has 0 unspecified atom stereocenters. The number of carboxylic acid groups (broad SMARTS) is 1.